The van der Waals surface area contributed by atoms with Gasteiger partial charge in [-0.15, -0.1) is 0 Å². The molecule has 1 saturated heterocycles. The van der Waals surface area contributed by atoms with Gasteiger partial charge in [0.25, 0.3) is 5.91 Å². The summed E-state index contributed by atoms with van der Waals surface area (Å²) in [6.45, 7) is 3.47. The van der Waals surface area contributed by atoms with Gasteiger partial charge in [0.2, 0.25) is 5.91 Å². The number of carbonyl (C=O) groups is 3. The number of nitrogens with two attached hydrogens (primary N) is 1. The molecule has 3 rings (SSSR count). The molecular weight excluding hydrogens is 318 g/mol. The SMILES string of the molecule is Cc1ccc([C@]2(c3ccccc3)NC(=O)N(CC(N)=O)C2=O)cc1C. The lowest BCUT2D eigenvalue weighted by Crippen LogP contribution is -2.45. The van der Waals surface area contributed by atoms with Gasteiger partial charge in [0, 0.05) is 0 Å². The maximum atomic E-state index is 13.2. The van der Waals surface area contributed by atoms with Gasteiger partial charge in [0.05, 0.1) is 0 Å². The molecule has 128 valence electrons. The smallest absolute Gasteiger partial charge is 0.326 e. The summed E-state index contributed by atoms with van der Waals surface area (Å²) in [5, 5.41) is 2.78. The Kier molecular flexibility index (Phi) is 4.04. The molecule has 1 fully saturated rings. The lowest BCUT2D eigenvalue weighted by molar-refractivity contribution is -0.133. The van der Waals surface area contributed by atoms with Crippen molar-refractivity contribution in [2.45, 2.75) is 19.4 Å². The van der Waals surface area contributed by atoms with Crippen LogP contribution in [-0.2, 0) is 15.1 Å². The molecule has 0 unspecified atom stereocenters. The molecule has 2 aromatic carbocycles. The Labute approximate surface area is 145 Å². The monoisotopic (exact) mass is 337 g/mol. The summed E-state index contributed by atoms with van der Waals surface area (Å²) < 4.78 is 0. The zero-order valence-corrected chi connectivity index (χ0v) is 14.1. The average Bonchev–Trinajstić information content (AvgIpc) is 2.83. The Morgan fingerprint density at radius 3 is 2.32 bits per heavy atom. The van der Waals surface area contributed by atoms with Crippen LogP contribution in [0.3, 0.4) is 0 Å². The van der Waals surface area contributed by atoms with Crippen molar-refractivity contribution in [2.24, 2.45) is 5.73 Å². The van der Waals surface area contributed by atoms with E-state index in [0.717, 1.165) is 16.0 Å². The van der Waals surface area contributed by atoms with Gasteiger partial charge in [-0.2, -0.15) is 0 Å². The number of aryl methyl sites for hydroxylation is 2. The van der Waals surface area contributed by atoms with Gasteiger partial charge in [-0.05, 0) is 36.1 Å². The van der Waals surface area contributed by atoms with Crippen molar-refractivity contribution in [3.8, 4) is 0 Å². The number of carbonyl (C=O) groups excluding carboxylic acids is 3. The summed E-state index contributed by atoms with van der Waals surface area (Å²) >= 11 is 0. The second kappa shape index (κ2) is 6.05. The summed E-state index contributed by atoms with van der Waals surface area (Å²) in [4.78, 5) is 37.8. The lowest BCUT2D eigenvalue weighted by atomic mass is 9.81. The molecule has 6 heteroatoms. The highest BCUT2D eigenvalue weighted by Crippen LogP contribution is 2.36. The number of hydrogen-bond donors (Lipinski definition) is 2. The summed E-state index contributed by atoms with van der Waals surface area (Å²) in [6, 6.07) is 14.0. The Hall–Kier alpha value is -3.15. The van der Waals surface area contributed by atoms with Crippen LogP contribution in [-0.4, -0.2) is 29.3 Å². The Morgan fingerprint density at radius 1 is 1.04 bits per heavy atom. The van der Waals surface area contributed by atoms with Gasteiger partial charge in [-0.3, -0.25) is 14.5 Å². The highest BCUT2D eigenvalue weighted by atomic mass is 16.2. The molecular formula is C19H19N3O3. The van der Waals surface area contributed by atoms with Crippen LogP contribution in [0.25, 0.3) is 0 Å². The number of nitrogens with one attached hydrogen (secondary N) is 1. The predicted molar refractivity (Wildman–Crippen MR) is 92.6 cm³/mol. The van der Waals surface area contributed by atoms with E-state index < -0.39 is 29.9 Å². The first-order chi connectivity index (χ1) is 11.9. The molecule has 0 aliphatic carbocycles. The van der Waals surface area contributed by atoms with E-state index in [-0.39, 0.29) is 0 Å². The molecule has 2 aromatic rings. The van der Waals surface area contributed by atoms with E-state index in [1.165, 1.54) is 0 Å². The number of hydrogen-bond acceptors (Lipinski definition) is 3. The maximum Gasteiger partial charge on any atom is 0.326 e. The van der Waals surface area contributed by atoms with E-state index in [4.69, 9.17) is 5.73 Å². The van der Waals surface area contributed by atoms with Crippen LogP contribution >= 0.6 is 0 Å². The number of rotatable bonds is 4. The second-order valence-electron chi connectivity index (χ2n) is 6.20. The van der Waals surface area contributed by atoms with Crippen LogP contribution in [0.4, 0.5) is 4.79 Å². The number of primary amides is 1. The topological polar surface area (TPSA) is 92.5 Å². The van der Waals surface area contributed by atoms with Crippen molar-refractivity contribution in [3.63, 3.8) is 0 Å². The number of imide groups is 1. The maximum absolute atomic E-state index is 13.2. The Bertz CT molecular complexity index is 863. The van der Waals surface area contributed by atoms with Crippen molar-refractivity contribution in [3.05, 3.63) is 70.8 Å². The minimum atomic E-state index is -1.37. The second-order valence-corrected chi connectivity index (χ2v) is 6.20. The van der Waals surface area contributed by atoms with E-state index in [2.05, 4.69) is 5.32 Å². The fourth-order valence-electron chi connectivity index (χ4n) is 3.10. The summed E-state index contributed by atoms with van der Waals surface area (Å²) in [5.74, 6) is -1.25. The fourth-order valence-corrected chi connectivity index (χ4v) is 3.10. The molecule has 6 nitrogen and oxygen atoms in total. The predicted octanol–water partition coefficient (Wildman–Crippen LogP) is 1.58. The first-order valence-electron chi connectivity index (χ1n) is 7.92. The quantitative estimate of drug-likeness (QED) is 0.830. The van der Waals surface area contributed by atoms with Crippen molar-refractivity contribution < 1.29 is 14.4 Å². The molecule has 0 aromatic heterocycles. The third-order valence-corrected chi connectivity index (χ3v) is 4.57. The lowest BCUT2D eigenvalue weighted by Gasteiger charge is -2.28. The highest BCUT2D eigenvalue weighted by molar-refractivity contribution is 6.11. The molecule has 0 bridgehead atoms. The molecule has 3 N–H and O–H groups in total. The third-order valence-electron chi connectivity index (χ3n) is 4.57. The first-order valence-corrected chi connectivity index (χ1v) is 7.92. The van der Waals surface area contributed by atoms with Gasteiger partial charge in [0.1, 0.15) is 6.54 Å². The normalized spacial score (nSPS) is 19.8. The Balaban J connectivity index is 2.21. The average molecular weight is 337 g/mol. The molecule has 0 spiro atoms. The third kappa shape index (κ3) is 2.65. The molecule has 1 heterocycles. The number of nitrogens with zero attached hydrogens (tertiary/aromatic N) is 1. The summed E-state index contributed by atoms with van der Waals surface area (Å²) in [6.07, 6.45) is 0. The first kappa shape index (κ1) is 16.7. The van der Waals surface area contributed by atoms with E-state index in [9.17, 15) is 14.4 Å². The van der Waals surface area contributed by atoms with Crippen LogP contribution in [0.5, 0.6) is 0 Å². The minimum Gasteiger partial charge on any atom is -0.368 e. The van der Waals surface area contributed by atoms with Crippen LogP contribution < -0.4 is 11.1 Å². The molecule has 0 radical (unpaired) electrons. The van der Waals surface area contributed by atoms with Crippen LogP contribution in [0.2, 0.25) is 0 Å². The summed E-state index contributed by atoms with van der Waals surface area (Å²) in [7, 11) is 0. The largest absolute Gasteiger partial charge is 0.368 e. The van der Waals surface area contributed by atoms with Gasteiger partial charge < -0.3 is 11.1 Å². The van der Waals surface area contributed by atoms with E-state index in [1.54, 1.807) is 24.3 Å². The van der Waals surface area contributed by atoms with Gasteiger partial charge >= 0.3 is 6.03 Å². The molecule has 4 amide bonds. The van der Waals surface area contributed by atoms with Crippen LogP contribution in [0.15, 0.2) is 48.5 Å². The fraction of sp³-hybridized carbons (Fsp3) is 0.211. The van der Waals surface area contributed by atoms with E-state index >= 15 is 0 Å². The van der Waals surface area contributed by atoms with Gasteiger partial charge in [-0.1, -0.05) is 48.5 Å². The molecule has 0 saturated carbocycles. The summed E-state index contributed by atoms with van der Waals surface area (Å²) in [5.41, 5.74) is 7.18. The zero-order chi connectivity index (χ0) is 18.2. The van der Waals surface area contributed by atoms with E-state index in [1.807, 2.05) is 38.1 Å². The molecule has 25 heavy (non-hydrogen) atoms. The molecule has 1 aliphatic rings. The number of urea groups is 1. The van der Waals surface area contributed by atoms with Crippen molar-refractivity contribution in [1.29, 1.82) is 0 Å². The molecule has 1 aliphatic heterocycles. The number of benzene rings is 2. The van der Waals surface area contributed by atoms with Crippen molar-refractivity contribution >= 4 is 17.8 Å². The Morgan fingerprint density at radius 2 is 1.72 bits per heavy atom. The van der Waals surface area contributed by atoms with Gasteiger partial charge in [0.15, 0.2) is 5.54 Å². The van der Waals surface area contributed by atoms with Gasteiger partial charge in [-0.25, -0.2) is 4.79 Å². The van der Waals surface area contributed by atoms with E-state index in [0.29, 0.717) is 11.1 Å². The highest BCUT2D eigenvalue weighted by Gasteiger charge is 2.54. The minimum absolute atomic E-state index is 0.454. The zero-order valence-electron chi connectivity index (χ0n) is 14.1. The van der Waals surface area contributed by atoms with Crippen molar-refractivity contribution in [2.75, 3.05) is 6.54 Å². The van der Waals surface area contributed by atoms with Crippen LogP contribution in [0, 0.1) is 13.8 Å². The standard InChI is InChI=1S/C19H19N3O3/c1-12-8-9-15(10-13(12)2)19(14-6-4-3-5-7-14)17(24)22(11-16(20)23)18(25)21-19/h3-10H,11H2,1-2H3,(H2,20,23)(H,21,25)/t19-/m0/s1. The van der Waals surface area contributed by atoms with Crippen molar-refractivity contribution in [1.82, 2.24) is 10.2 Å². The number of amides is 4. The molecule has 1 atom stereocenters. The van der Waals surface area contributed by atoms with Crippen LogP contribution in [0.1, 0.15) is 22.3 Å².